The molecule has 0 radical (unpaired) electrons. The first-order valence-electron chi connectivity index (χ1n) is 13.3. The van der Waals surface area contributed by atoms with Crippen molar-refractivity contribution in [2.75, 3.05) is 31.7 Å². The number of alkyl carbamates (subject to hydrolysis) is 1. The van der Waals surface area contributed by atoms with Gasteiger partial charge in [0, 0.05) is 32.2 Å². The van der Waals surface area contributed by atoms with E-state index in [9.17, 15) is 4.79 Å². The first-order valence-corrected chi connectivity index (χ1v) is 13.6. The van der Waals surface area contributed by atoms with Crippen molar-refractivity contribution in [3.63, 3.8) is 0 Å². The Hall–Kier alpha value is -3.17. The minimum absolute atomic E-state index is 0.254. The van der Waals surface area contributed by atoms with Gasteiger partial charge in [0.1, 0.15) is 22.1 Å². The molecule has 0 bridgehead atoms. The number of carbonyl (C=O) groups is 1. The summed E-state index contributed by atoms with van der Waals surface area (Å²) in [4.78, 5) is 19.6. The van der Waals surface area contributed by atoms with Gasteiger partial charge in [0.25, 0.3) is 0 Å². The zero-order valence-corrected chi connectivity index (χ0v) is 24.3. The maximum Gasteiger partial charge on any atom is 0.408 e. The molecule has 1 fully saturated rings. The van der Waals surface area contributed by atoms with Gasteiger partial charge in [-0.15, -0.1) is 10.2 Å². The number of carbonyl (C=O) groups excluding carboxylic acids is 1. The molecule has 39 heavy (non-hydrogen) atoms. The highest BCUT2D eigenvalue weighted by Gasteiger charge is 2.37. The van der Waals surface area contributed by atoms with E-state index in [1.54, 1.807) is 13.2 Å². The van der Waals surface area contributed by atoms with E-state index in [1.165, 1.54) is 6.42 Å². The van der Waals surface area contributed by atoms with Crippen LogP contribution in [0.4, 0.5) is 10.6 Å². The summed E-state index contributed by atoms with van der Waals surface area (Å²) in [5, 5.41) is 12.0. The third-order valence-corrected chi connectivity index (χ3v) is 6.92. The third-order valence-electron chi connectivity index (χ3n) is 6.72. The van der Waals surface area contributed by atoms with Gasteiger partial charge in [0.2, 0.25) is 11.8 Å². The quantitative estimate of drug-likeness (QED) is 0.293. The summed E-state index contributed by atoms with van der Waals surface area (Å²) in [6, 6.07) is 13.4. The summed E-state index contributed by atoms with van der Waals surface area (Å²) < 4.78 is 17.1. The molecule has 2 unspecified atom stereocenters. The minimum atomic E-state index is -1.03. The maximum absolute atomic E-state index is 12.8. The lowest BCUT2D eigenvalue weighted by molar-refractivity contribution is 0.0443. The summed E-state index contributed by atoms with van der Waals surface area (Å²) in [5.74, 6) is 2.59. The van der Waals surface area contributed by atoms with Crippen LogP contribution in [0.5, 0.6) is 0 Å². The molecular formula is C29H38ClN5O4. The number of methoxy groups -OCH3 is 1. The molecule has 1 aromatic carbocycles. The van der Waals surface area contributed by atoms with Crippen LogP contribution in [0.1, 0.15) is 52.5 Å². The van der Waals surface area contributed by atoms with Crippen LogP contribution in [0.15, 0.2) is 46.9 Å². The van der Waals surface area contributed by atoms with E-state index in [2.05, 4.69) is 32.3 Å². The lowest BCUT2D eigenvalue weighted by atomic mass is 9.92. The van der Waals surface area contributed by atoms with E-state index < -0.39 is 17.2 Å². The van der Waals surface area contributed by atoms with Gasteiger partial charge in [-0.2, -0.15) is 0 Å². The molecule has 0 saturated heterocycles. The highest BCUT2D eigenvalue weighted by atomic mass is 35.5. The number of nitrogens with zero attached hydrogens (tertiary/aromatic N) is 4. The van der Waals surface area contributed by atoms with E-state index in [0.29, 0.717) is 42.1 Å². The normalized spacial score (nSPS) is 18.3. The number of halogens is 1. The molecule has 210 valence electrons. The van der Waals surface area contributed by atoms with Crippen LogP contribution in [-0.4, -0.2) is 53.7 Å². The van der Waals surface area contributed by atoms with Gasteiger partial charge in [-0.1, -0.05) is 48.9 Å². The summed E-state index contributed by atoms with van der Waals surface area (Å²) in [7, 11) is 1.69. The van der Waals surface area contributed by atoms with Gasteiger partial charge >= 0.3 is 6.09 Å². The molecule has 1 aliphatic carbocycles. The molecule has 0 spiro atoms. The Labute approximate surface area is 235 Å². The standard InChI is InChI=1S/C29H38ClN5O4/c1-19-14-22(19)18-35(12-13-37-6)24-16-21(15-23(30)31-24)25-33-34-26(38-25)29(5,17-20-10-8-7-9-11-20)32-27(36)39-28(2,3)4/h7-11,15-16,19,22H,12-14,17-18H2,1-6H3,(H,32,36)/t19?,22?,29-/m1/s1. The van der Waals surface area contributed by atoms with Crippen LogP contribution >= 0.6 is 11.6 Å². The number of benzene rings is 1. The zero-order chi connectivity index (χ0) is 28.2. The molecule has 10 heteroatoms. The van der Waals surface area contributed by atoms with Gasteiger partial charge in [0.05, 0.1) is 6.61 Å². The van der Waals surface area contributed by atoms with Crippen molar-refractivity contribution in [3.8, 4) is 11.5 Å². The Kier molecular flexibility index (Phi) is 8.81. The first kappa shape index (κ1) is 28.8. The lowest BCUT2D eigenvalue weighted by Crippen LogP contribution is -2.47. The van der Waals surface area contributed by atoms with Crippen LogP contribution in [0, 0.1) is 11.8 Å². The number of hydrogen-bond donors (Lipinski definition) is 1. The minimum Gasteiger partial charge on any atom is -0.444 e. The van der Waals surface area contributed by atoms with Crippen molar-refractivity contribution >= 4 is 23.5 Å². The number of nitrogens with one attached hydrogen (secondary N) is 1. The predicted octanol–water partition coefficient (Wildman–Crippen LogP) is 5.88. The van der Waals surface area contributed by atoms with Crippen molar-refractivity contribution in [2.45, 2.75) is 58.6 Å². The predicted molar refractivity (Wildman–Crippen MR) is 151 cm³/mol. The Bertz CT molecular complexity index is 1260. The molecule has 4 rings (SSSR count). The average Bonchev–Trinajstić information content (AvgIpc) is 3.32. The lowest BCUT2D eigenvalue weighted by Gasteiger charge is -2.29. The Balaban J connectivity index is 1.64. The summed E-state index contributed by atoms with van der Waals surface area (Å²) >= 11 is 6.46. The fourth-order valence-electron chi connectivity index (χ4n) is 4.48. The monoisotopic (exact) mass is 555 g/mol. The van der Waals surface area contributed by atoms with Gasteiger partial charge < -0.3 is 24.1 Å². The Morgan fingerprint density at radius 1 is 1.18 bits per heavy atom. The second-order valence-electron chi connectivity index (χ2n) is 11.5. The number of pyridine rings is 1. The largest absolute Gasteiger partial charge is 0.444 e. The van der Waals surface area contributed by atoms with E-state index in [0.717, 1.165) is 17.9 Å². The number of hydrogen-bond acceptors (Lipinski definition) is 8. The Morgan fingerprint density at radius 2 is 1.90 bits per heavy atom. The molecule has 2 aromatic heterocycles. The van der Waals surface area contributed by atoms with Gasteiger partial charge in [-0.05, 0) is 63.6 Å². The van der Waals surface area contributed by atoms with Crippen LogP contribution in [0.2, 0.25) is 5.15 Å². The second-order valence-corrected chi connectivity index (χ2v) is 11.9. The Morgan fingerprint density at radius 3 is 2.54 bits per heavy atom. The molecule has 1 saturated carbocycles. The maximum atomic E-state index is 12.8. The SMILES string of the molecule is COCCN(CC1CC1C)c1cc(-c2nnc([C@@](C)(Cc3ccccc3)NC(=O)OC(C)(C)C)o2)cc(Cl)n1. The third kappa shape index (κ3) is 7.92. The molecule has 9 nitrogen and oxygen atoms in total. The van der Waals surface area contributed by atoms with Crippen LogP contribution in [-0.2, 0) is 21.4 Å². The topological polar surface area (TPSA) is 103 Å². The number of rotatable bonds is 11. The summed E-state index contributed by atoms with van der Waals surface area (Å²) in [5.41, 5.74) is -0.0433. The molecule has 1 N–H and O–H groups in total. The molecule has 3 aromatic rings. The van der Waals surface area contributed by atoms with Gasteiger partial charge in [-0.25, -0.2) is 9.78 Å². The van der Waals surface area contributed by atoms with Gasteiger partial charge in [-0.3, -0.25) is 0 Å². The first-order chi connectivity index (χ1) is 18.5. The van der Waals surface area contributed by atoms with Gasteiger partial charge in [0.15, 0.2) is 0 Å². The van der Waals surface area contributed by atoms with E-state index in [-0.39, 0.29) is 11.8 Å². The highest BCUT2D eigenvalue weighted by molar-refractivity contribution is 6.29. The van der Waals surface area contributed by atoms with Crippen LogP contribution in [0.25, 0.3) is 11.5 Å². The highest BCUT2D eigenvalue weighted by Crippen LogP contribution is 2.39. The molecule has 1 amide bonds. The molecule has 1 aliphatic rings. The average molecular weight is 556 g/mol. The molecular weight excluding hydrogens is 518 g/mol. The number of anilines is 1. The second kappa shape index (κ2) is 11.9. The molecule has 2 heterocycles. The summed E-state index contributed by atoms with van der Waals surface area (Å²) in [6.07, 6.45) is 1.05. The molecule has 3 atom stereocenters. The van der Waals surface area contributed by atoms with E-state index in [4.69, 9.17) is 25.5 Å². The van der Waals surface area contributed by atoms with Crippen molar-refractivity contribution in [1.29, 1.82) is 0 Å². The zero-order valence-electron chi connectivity index (χ0n) is 23.5. The fraction of sp³-hybridized carbons (Fsp3) is 0.517. The smallest absolute Gasteiger partial charge is 0.408 e. The molecule has 0 aliphatic heterocycles. The number of aromatic nitrogens is 3. The number of ether oxygens (including phenoxy) is 2. The van der Waals surface area contributed by atoms with Crippen LogP contribution < -0.4 is 10.2 Å². The van der Waals surface area contributed by atoms with Crippen LogP contribution in [0.3, 0.4) is 0 Å². The van der Waals surface area contributed by atoms with E-state index in [1.807, 2.05) is 64.1 Å². The van der Waals surface area contributed by atoms with Crippen molar-refractivity contribution in [1.82, 2.24) is 20.5 Å². The van der Waals surface area contributed by atoms with E-state index >= 15 is 0 Å². The fourth-order valence-corrected chi connectivity index (χ4v) is 4.68. The van der Waals surface area contributed by atoms with Crippen molar-refractivity contribution in [2.24, 2.45) is 11.8 Å². The summed E-state index contributed by atoms with van der Waals surface area (Å²) in [6.45, 7) is 11.7. The van der Waals surface area contributed by atoms with Crippen molar-refractivity contribution < 1.29 is 18.7 Å². The van der Waals surface area contributed by atoms with Crippen molar-refractivity contribution in [3.05, 3.63) is 59.1 Å². The number of amides is 1.